The van der Waals surface area contributed by atoms with Crippen LogP contribution in [0.15, 0.2) is 0 Å². The van der Waals surface area contributed by atoms with E-state index in [4.69, 9.17) is 9.47 Å². The smallest absolute Gasteiger partial charge is 0.157 e. The van der Waals surface area contributed by atoms with Crippen molar-refractivity contribution in [3.63, 3.8) is 0 Å². The van der Waals surface area contributed by atoms with Crippen LogP contribution in [0, 0.1) is 10.8 Å². The van der Waals surface area contributed by atoms with Crippen LogP contribution in [0.1, 0.15) is 53.4 Å². The minimum absolute atomic E-state index is 0.0489. The molecular weight excluding hydrogens is 211 g/mol. The van der Waals surface area contributed by atoms with Gasteiger partial charge in [0.05, 0.1) is 6.61 Å². The first kappa shape index (κ1) is 15.0. The Bertz CT molecular complexity index is 220. The fourth-order valence-corrected chi connectivity index (χ4v) is 2.63. The monoisotopic (exact) mass is 240 g/mol. The van der Waals surface area contributed by atoms with E-state index in [0.29, 0.717) is 5.41 Å². The van der Waals surface area contributed by atoms with Crippen LogP contribution in [0.2, 0.25) is 6.32 Å². The van der Waals surface area contributed by atoms with Crippen molar-refractivity contribution in [1.82, 2.24) is 0 Å². The summed E-state index contributed by atoms with van der Waals surface area (Å²) in [6.07, 6.45) is 5.96. The summed E-state index contributed by atoms with van der Waals surface area (Å²) in [6.45, 7) is 10.9. The Kier molecular flexibility index (Phi) is 5.52. The number of hydrogen-bond acceptors (Lipinski definition) is 2. The van der Waals surface area contributed by atoms with Crippen LogP contribution in [-0.4, -0.2) is 27.4 Å². The van der Waals surface area contributed by atoms with Gasteiger partial charge in [0, 0.05) is 6.61 Å². The number of ether oxygens (including phenoxy) is 2. The zero-order valence-corrected chi connectivity index (χ0v) is 12.3. The third-order valence-electron chi connectivity index (χ3n) is 3.71. The van der Waals surface area contributed by atoms with E-state index in [1.807, 2.05) is 0 Å². The Hall–Kier alpha value is -0.0151. The van der Waals surface area contributed by atoms with Gasteiger partial charge in [0.2, 0.25) is 0 Å². The second-order valence-electron chi connectivity index (χ2n) is 6.97. The van der Waals surface area contributed by atoms with E-state index >= 15 is 0 Å². The first-order chi connectivity index (χ1) is 7.85. The van der Waals surface area contributed by atoms with Crippen molar-refractivity contribution in [3.8, 4) is 0 Å². The molecule has 0 radical (unpaired) electrons. The molecule has 1 saturated heterocycles. The lowest BCUT2D eigenvalue weighted by Gasteiger charge is -2.35. The van der Waals surface area contributed by atoms with Crippen molar-refractivity contribution in [1.29, 1.82) is 0 Å². The summed E-state index contributed by atoms with van der Waals surface area (Å²) in [4.78, 5) is 0. The Morgan fingerprint density at radius 1 is 1.18 bits per heavy atom. The molecular formula is C14H29BO2. The van der Waals surface area contributed by atoms with E-state index in [2.05, 4.69) is 35.5 Å². The highest BCUT2D eigenvalue weighted by Gasteiger charge is 2.29. The summed E-state index contributed by atoms with van der Waals surface area (Å²) in [5.41, 5.74) is 0.639. The summed E-state index contributed by atoms with van der Waals surface area (Å²) >= 11 is 0. The van der Waals surface area contributed by atoms with Gasteiger partial charge in [-0.2, -0.15) is 0 Å². The second kappa shape index (κ2) is 6.24. The van der Waals surface area contributed by atoms with Crippen molar-refractivity contribution in [2.45, 2.75) is 66.0 Å². The molecule has 1 aliphatic rings. The molecule has 1 aliphatic heterocycles. The lowest BCUT2D eigenvalue weighted by atomic mass is 9.69. The summed E-state index contributed by atoms with van der Waals surface area (Å²) < 4.78 is 11.5. The van der Waals surface area contributed by atoms with Crippen LogP contribution in [0.3, 0.4) is 0 Å². The predicted octanol–water partition coefficient (Wildman–Crippen LogP) is 3.02. The van der Waals surface area contributed by atoms with Gasteiger partial charge >= 0.3 is 0 Å². The highest BCUT2D eigenvalue weighted by molar-refractivity contribution is 6.08. The van der Waals surface area contributed by atoms with Crippen LogP contribution >= 0.6 is 0 Å². The Morgan fingerprint density at radius 3 is 2.41 bits per heavy atom. The average molecular weight is 240 g/mol. The highest BCUT2D eigenvalue weighted by atomic mass is 16.7. The third kappa shape index (κ3) is 5.92. The molecule has 3 heteroatoms. The molecule has 0 saturated carbocycles. The Morgan fingerprint density at radius 2 is 1.88 bits per heavy atom. The predicted molar refractivity (Wildman–Crippen MR) is 75.1 cm³/mol. The second-order valence-corrected chi connectivity index (χ2v) is 6.97. The fourth-order valence-electron chi connectivity index (χ4n) is 2.63. The van der Waals surface area contributed by atoms with Crippen LogP contribution in [0.5, 0.6) is 0 Å². The maximum atomic E-state index is 5.92. The minimum Gasteiger partial charge on any atom is -0.353 e. The zero-order valence-electron chi connectivity index (χ0n) is 12.3. The summed E-state index contributed by atoms with van der Waals surface area (Å²) in [5, 5.41) is 0. The third-order valence-corrected chi connectivity index (χ3v) is 3.71. The normalized spacial score (nSPS) is 22.7. The number of hydrogen-bond donors (Lipinski definition) is 0. The molecule has 1 fully saturated rings. The largest absolute Gasteiger partial charge is 0.353 e. The molecule has 0 aromatic heterocycles. The lowest BCUT2D eigenvalue weighted by molar-refractivity contribution is -0.178. The maximum absolute atomic E-state index is 5.92. The van der Waals surface area contributed by atoms with Gasteiger partial charge in [-0.15, -0.1) is 0 Å². The average Bonchev–Trinajstić information content (AvgIpc) is 2.27. The van der Waals surface area contributed by atoms with Gasteiger partial charge in [-0.25, -0.2) is 0 Å². The molecule has 1 atom stereocenters. The molecule has 0 bridgehead atoms. The molecule has 1 unspecified atom stereocenters. The van der Waals surface area contributed by atoms with Gasteiger partial charge in [-0.1, -0.05) is 34.0 Å². The van der Waals surface area contributed by atoms with Gasteiger partial charge in [0.1, 0.15) is 7.85 Å². The van der Waals surface area contributed by atoms with E-state index in [1.54, 1.807) is 0 Å². The van der Waals surface area contributed by atoms with Crippen LogP contribution in [0.25, 0.3) is 0 Å². The molecule has 1 heterocycles. The van der Waals surface area contributed by atoms with Gasteiger partial charge < -0.3 is 9.47 Å². The van der Waals surface area contributed by atoms with Gasteiger partial charge in [-0.3, -0.25) is 0 Å². The topological polar surface area (TPSA) is 18.5 Å². The maximum Gasteiger partial charge on any atom is 0.157 e. The quantitative estimate of drug-likeness (QED) is 0.664. The standard InChI is InChI=1S/C14H29BO2/c1-13(2,10-15)9-14(3,4)11-17-12-7-5-6-8-16-12/h12H,5-11,15H2,1-4H3. The molecule has 0 N–H and O–H groups in total. The first-order valence-electron chi connectivity index (χ1n) is 7.08. The van der Waals surface area contributed by atoms with Crippen molar-refractivity contribution in [3.05, 3.63) is 0 Å². The summed E-state index contributed by atoms with van der Waals surface area (Å²) in [5.74, 6) is 0. The van der Waals surface area contributed by atoms with E-state index < -0.39 is 0 Å². The molecule has 0 spiro atoms. The van der Waals surface area contributed by atoms with Crippen molar-refractivity contribution < 1.29 is 9.47 Å². The van der Waals surface area contributed by atoms with Gasteiger partial charge in [-0.05, 0) is 36.5 Å². The van der Waals surface area contributed by atoms with Crippen LogP contribution in [0.4, 0.5) is 0 Å². The minimum atomic E-state index is 0.0489. The van der Waals surface area contributed by atoms with Crippen LogP contribution < -0.4 is 0 Å². The van der Waals surface area contributed by atoms with E-state index in [0.717, 1.165) is 19.6 Å². The zero-order chi connectivity index (χ0) is 12.9. The summed E-state index contributed by atoms with van der Waals surface area (Å²) in [6, 6.07) is 0. The Labute approximate surface area is 108 Å². The molecule has 1 rings (SSSR count). The molecule has 17 heavy (non-hydrogen) atoms. The molecule has 2 nitrogen and oxygen atoms in total. The van der Waals surface area contributed by atoms with Crippen molar-refractivity contribution in [2.75, 3.05) is 13.2 Å². The lowest BCUT2D eigenvalue weighted by Crippen LogP contribution is -2.31. The fraction of sp³-hybridized carbons (Fsp3) is 1.00. The van der Waals surface area contributed by atoms with Crippen LogP contribution in [-0.2, 0) is 9.47 Å². The molecule has 0 aliphatic carbocycles. The number of rotatable bonds is 6. The Balaban J connectivity index is 2.32. The molecule has 100 valence electrons. The van der Waals surface area contributed by atoms with Crippen molar-refractivity contribution >= 4 is 7.85 Å². The molecule has 0 amide bonds. The van der Waals surface area contributed by atoms with Gasteiger partial charge in [0.25, 0.3) is 0 Å². The first-order valence-corrected chi connectivity index (χ1v) is 7.08. The van der Waals surface area contributed by atoms with E-state index in [9.17, 15) is 0 Å². The summed E-state index contributed by atoms with van der Waals surface area (Å²) in [7, 11) is 2.27. The van der Waals surface area contributed by atoms with E-state index in [1.165, 1.54) is 25.6 Å². The SMILES string of the molecule is BCC(C)(C)CC(C)(C)COC1CCCCO1. The molecule has 0 aromatic carbocycles. The van der Waals surface area contributed by atoms with Crippen molar-refractivity contribution in [2.24, 2.45) is 10.8 Å². The van der Waals surface area contributed by atoms with E-state index in [-0.39, 0.29) is 11.7 Å². The van der Waals surface area contributed by atoms with Gasteiger partial charge in [0.15, 0.2) is 6.29 Å². The highest BCUT2D eigenvalue weighted by Crippen LogP contribution is 2.36. The molecule has 0 aromatic rings.